The van der Waals surface area contributed by atoms with Crippen LogP contribution in [-0.2, 0) is 11.3 Å². The Morgan fingerprint density at radius 2 is 2.15 bits per heavy atom. The van der Waals surface area contributed by atoms with Crippen LogP contribution < -0.4 is 10.1 Å². The number of aromatic nitrogens is 4. The molecule has 3 aromatic rings. The molecule has 3 rings (SSSR count). The maximum Gasteiger partial charge on any atom is 0.237 e. The third-order valence-corrected chi connectivity index (χ3v) is 4.57. The lowest BCUT2D eigenvalue weighted by Crippen LogP contribution is -2.14. The average Bonchev–Trinajstić information content (AvgIpc) is 3.26. The molecule has 0 atom stereocenters. The number of anilines is 1. The van der Waals surface area contributed by atoms with E-state index in [2.05, 4.69) is 27.2 Å². The van der Waals surface area contributed by atoms with Crippen LogP contribution in [0.15, 0.2) is 52.7 Å². The Bertz CT molecular complexity index is 933. The highest BCUT2D eigenvalue weighted by atomic mass is 32.2. The van der Waals surface area contributed by atoms with Crippen molar-refractivity contribution in [1.29, 1.82) is 0 Å². The zero-order chi connectivity index (χ0) is 19.2. The van der Waals surface area contributed by atoms with Gasteiger partial charge in [-0.05, 0) is 31.2 Å². The molecule has 0 saturated heterocycles. The van der Waals surface area contributed by atoms with E-state index in [0.717, 1.165) is 11.3 Å². The van der Waals surface area contributed by atoms with E-state index < -0.39 is 0 Å². The fourth-order valence-corrected chi connectivity index (χ4v) is 3.12. The largest absolute Gasteiger partial charge is 0.497 e. The number of aryl methyl sites for hydroxylation is 1. The van der Waals surface area contributed by atoms with E-state index in [1.54, 1.807) is 26.2 Å². The topological polar surface area (TPSA) is 95.1 Å². The summed E-state index contributed by atoms with van der Waals surface area (Å²) in [7, 11) is 1.62. The second-order valence-corrected chi connectivity index (χ2v) is 6.55. The normalized spacial score (nSPS) is 10.6. The quantitative estimate of drug-likeness (QED) is 0.470. The number of methoxy groups -OCH3 is 1. The number of benzene rings is 1. The van der Waals surface area contributed by atoms with Crippen LogP contribution in [0.25, 0.3) is 11.4 Å². The first-order valence-corrected chi connectivity index (χ1v) is 9.13. The van der Waals surface area contributed by atoms with Crippen molar-refractivity contribution in [2.75, 3.05) is 18.2 Å². The summed E-state index contributed by atoms with van der Waals surface area (Å²) < 4.78 is 12.1. The molecule has 2 heterocycles. The van der Waals surface area contributed by atoms with Gasteiger partial charge in [0, 0.05) is 18.2 Å². The Morgan fingerprint density at radius 1 is 1.37 bits per heavy atom. The van der Waals surface area contributed by atoms with Crippen molar-refractivity contribution < 1.29 is 14.1 Å². The highest BCUT2D eigenvalue weighted by Gasteiger charge is 2.15. The highest BCUT2D eigenvalue weighted by Crippen LogP contribution is 2.25. The minimum absolute atomic E-state index is 0.164. The first-order valence-electron chi connectivity index (χ1n) is 8.15. The van der Waals surface area contributed by atoms with Crippen LogP contribution in [0, 0.1) is 6.92 Å². The van der Waals surface area contributed by atoms with Gasteiger partial charge in [-0.2, -0.15) is 0 Å². The van der Waals surface area contributed by atoms with Crippen LogP contribution in [0.2, 0.25) is 0 Å². The molecule has 1 aromatic carbocycles. The summed E-state index contributed by atoms with van der Waals surface area (Å²) in [5.41, 5.74) is 1.60. The van der Waals surface area contributed by atoms with Crippen LogP contribution in [0.3, 0.4) is 0 Å². The molecule has 0 aliphatic carbocycles. The number of nitrogens with one attached hydrogen (secondary N) is 1. The highest BCUT2D eigenvalue weighted by molar-refractivity contribution is 7.99. The van der Waals surface area contributed by atoms with Crippen molar-refractivity contribution in [1.82, 2.24) is 19.9 Å². The molecular weight excluding hydrogens is 366 g/mol. The molecule has 0 aliphatic rings. The second-order valence-electron chi connectivity index (χ2n) is 5.60. The van der Waals surface area contributed by atoms with Gasteiger partial charge in [0.25, 0.3) is 0 Å². The Morgan fingerprint density at radius 3 is 2.78 bits per heavy atom. The molecular formula is C18H19N5O3S. The van der Waals surface area contributed by atoms with Gasteiger partial charge in [-0.15, -0.1) is 16.8 Å². The predicted molar refractivity (Wildman–Crippen MR) is 103 cm³/mol. The summed E-state index contributed by atoms with van der Waals surface area (Å²) in [5.74, 6) is 1.74. The summed E-state index contributed by atoms with van der Waals surface area (Å²) in [5, 5.41) is 15.5. The number of carbonyl (C=O) groups excluding carboxylic acids is 1. The van der Waals surface area contributed by atoms with Gasteiger partial charge in [-0.3, -0.25) is 14.7 Å². The first kappa shape index (κ1) is 18.7. The van der Waals surface area contributed by atoms with Crippen LogP contribution in [-0.4, -0.2) is 38.7 Å². The van der Waals surface area contributed by atoms with Gasteiger partial charge in [0.15, 0.2) is 11.0 Å². The van der Waals surface area contributed by atoms with Crippen molar-refractivity contribution in [3.63, 3.8) is 0 Å². The molecule has 0 fully saturated rings. The third kappa shape index (κ3) is 4.56. The lowest BCUT2D eigenvalue weighted by Gasteiger charge is -2.08. The molecule has 0 aliphatic heterocycles. The summed E-state index contributed by atoms with van der Waals surface area (Å²) >= 11 is 1.29. The zero-order valence-electron chi connectivity index (χ0n) is 15.0. The smallest absolute Gasteiger partial charge is 0.237 e. The molecule has 2 aromatic heterocycles. The van der Waals surface area contributed by atoms with Crippen molar-refractivity contribution >= 4 is 23.6 Å². The molecule has 140 valence electrons. The first-order chi connectivity index (χ1) is 13.1. The fraction of sp³-hybridized carbons (Fsp3) is 0.222. The van der Waals surface area contributed by atoms with Gasteiger partial charge < -0.3 is 9.26 Å². The van der Waals surface area contributed by atoms with Crippen molar-refractivity contribution in [3.8, 4) is 17.1 Å². The molecule has 0 unspecified atom stereocenters. The van der Waals surface area contributed by atoms with Crippen LogP contribution in [0.5, 0.6) is 5.75 Å². The van der Waals surface area contributed by atoms with E-state index in [-0.39, 0.29) is 11.7 Å². The van der Waals surface area contributed by atoms with Crippen molar-refractivity contribution in [3.05, 3.63) is 48.7 Å². The maximum absolute atomic E-state index is 12.1. The predicted octanol–water partition coefficient (Wildman–Crippen LogP) is 3.17. The molecule has 1 amide bonds. The Balaban J connectivity index is 1.72. The number of allylic oxidation sites excluding steroid dienone is 1. The molecule has 0 radical (unpaired) electrons. The molecule has 0 spiro atoms. The van der Waals surface area contributed by atoms with Gasteiger partial charge in [0.05, 0.1) is 18.6 Å². The lowest BCUT2D eigenvalue weighted by molar-refractivity contribution is -0.113. The Kier molecular flexibility index (Phi) is 5.92. The van der Waals surface area contributed by atoms with E-state index in [9.17, 15) is 4.79 Å². The standard InChI is InChI=1S/C18H19N5O3S/c1-4-9-23-17(13-5-7-14(25-3)8-6-13)20-21-18(23)27-11-15(24)19-16-10-12(2)22-26-16/h4-8,10H,1,9,11H2,2-3H3,(H,19,24). The minimum atomic E-state index is -0.213. The number of hydrogen-bond acceptors (Lipinski definition) is 7. The monoisotopic (exact) mass is 385 g/mol. The SMILES string of the molecule is C=CCn1c(SCC(=O)Nc2cc(C)no2)nnc1-c1ccc(OC)cc1. The molecule has 9 heteroatoms. The number of ether oxygens (including phenoxy) is 1. The Labute approximate surface area is 160 Å². The van der Waals surface area contributed by atoms with E-state index in [1.807, 2.05) is 28.8 Å². The van der Waals surface area contributed by atoms with Crippen molar-refractivity contribution in [2.24, 2.45) is 0 Å². The number of thioether (sulfide) groups is 1. The third-order valence-electron chi connectivity index (χ3n) is 3.60. The van der Waals surface area contributed by atoms with Crippen molar-refractivity contribution in [2.45, 2.75) is 18.6 Å². The molecule has 27 heavy (non-hydrogen) atoms. The van der Waals surface area contributed by atoms with Gasteiger partial charge in [-0.1, -0.05) is 23.0 Å². The molecule has 8 nitrogen and oxygen atoms in total. The number of amides is 1. The van der Waals surface area contributed by atoms with Gasteiger partial charge in [0.2, 0.25) is 11.8 Å². The van der Waals surface area contributed by atoms with E-state index in [4.69, 9.17) is 9.26 Å². The van der Waals surface area contributed by atoms with E-state index >= 15 is 0 Å². The average molecular weight is 385 g/mol. The lowest BCUT2D eigenvalue weighted by atomic mass is 10.2. The zero-order valence-corrected chi connectivity index (χ0v) is 15.8. The summed E-state index contributed by atoms with van der Waals surface area (Å²) in [6.07, 6.45) is 1.76. The van der Waals surface area contributed by atoms with E-state index in [0.29, 0.717) is 29.1 Å². The van der Waals surface area contributed by atoms with Crippen LogP contribution in [0.1, 0.15) is 5.69 Å². The second kappa shape index (κ2) is 8.54. The van der Waals surface area contributed by atoms with E-state index in [1.165, 1.54) is 11.8 Å². The molecule has 1 N–H and O–H groups in total. The Hall–Kier alpha value is -3.07. The fourth-order valence-electron chi connectivity index (χ4n) is 2.37. The minimum Gasteiger partial charge on any atom is -0.497 e. The molecule has 0 bridgehead atoms. The number of nitrogens with zero attached hydrogens (tertiary/aromatic N) is 4. The number of carbonyl (C=O) groups is 1. The summed E-state index contributed by atoms with van der Waals surface area (Å²) in [4.78, 5) is 12.1. The molecule has 0 saturated carbocycles. The summed E-state index contributed by atoms with van der Waals surface area (Å²) in [6, 6.07) is 9.21. The van der Waals surface area contributed by atoms with Gasteiger partial charge in [-0.25, -0.2) is 0 Å². The van der Waals surface area contributed by atoms with Gasteiger partial charge in [0.1, 0.15) is 5.75 Å². The maximum atomic E-state index is 12.1. The van der Waals surface area contributed by atoms with Crippen LogP contribution in [0.4, 0.5) is 5.88 Å². The van der Waals surface area contributed by atoms with Gasteiger partial charge >= 0.3 is 0 Å². The van der Waals surface area contributed by atoms with Crippen LogP contribution >= 0.6 is 11.8 Å². The summed E-state index contributed by atoms with van der Waals surface area (Å²) in [6.45, 7) is 6.10. The number of hydrogen-bond donors (Lipinski definition) is 1. The number of rotatable bonds is 8.